The number of fused-ring (bicyclic) bond motifs is 4. The molecule has 3 fully saturated rings. The molecule has 6 nitrogen and oxygen atoms in total. The fraction of sp³-hybridized carbons (Fsp3) is 0.419. The van der Waals surface area contributed by atoms with Crippen molar-refractivity contribution in [1.29, 1.82) is 0 Å². The minimum absolute atomic E-state index is 0.106. The predicted octanol–water partition coefficient (Wildman–Crippen LogP) is 6.19. The van der Waals surface area contributed by atoms with Crippen molar-refractivity contribution in [2.45, 2.75) is 57.0 Å². The summed E-state index contributed by atoms with van der Waals surface area (Å²) in [4.78, 5) is 11.8. The van der Waals surface area contributed by atoms with Gasteiger partial charge in [0.25, 0.3) is 0 Å². The van der Waals surface area contributed by atoms with Crippen molar-refractivity contribution in [3.05, 3.63) is 54.3 Å². The lowest BCUT2D eigenvalue weighted by atomic mass is 9.90. The van der Waals surface area contributed by atoms with Crippen LogP contribution in [0.25, 0.3) is 32.8 Å². The zero-order valence-electron chi connectivity index (χ0n) is 21.5. The Morgan fingerprint density at radius 1 is 0.895 bits per heavy atom. The van der Waals surface area contributed by atoms with Crippen molar-refractivity contribution in [2.75, 3.05) is 24.6 Å². The molecule has 2 aliphatic heterocycles. The van der Waals surface area contributed by atoms with Gasteiger partial charge in [-0.2, -0.15) is 9.97 Å². The van der Waals surface area contributed by atoms with E-state index in [1.807, 2.05) is 30.3 Å². The third-order valence-corrected chi connectivity index (χ3v) is 8.59. The fourth-order valence-corrected chi connectivity index (χ4v) is 6.67. The van der Waals surface area contributed by atoms with Crippen LogP contribution in [-0.2, 0) is 0 Å². The zero-order valence-corrected chi connectivity index (χ0v) is 21.5. The van der Waals surface area contributed by atoms with E-state index in [1.54, 1.807) is 18.2 Å². The number of benzene rings is 3. The molecule has 38 heavy (non-hydrogen) atoms. The lowest BCUT2D eigenvalue weighted by Gasteiger charge is -2.34. The van der Waals surface area contributed by atoms with E-state index in [2.05, 4.69) is 15.2 Å². The highest BCUT2D eigenvalue weighted by atomic mass is 19.1. The van der Waals surface area contributed by atoms with Crippen LogP contribution in [0.4, 0.5) is 10.2 Å². The molecule has 2 N–H and O–H groups in total. The number of piperazine rings is 1. The number of aromatic nitrogens is 2. The molecule has 7 rings (SSSR count). The van der Waals surface area contributed by atoms with Crippen LogP contribution in [0, 0.1) is 11.7 Å². The summed E-state index contributed by atoms with van der Waals surface area (Å²) < 4.78 is 22.6. The monoisotopic (exact) mass is 512 g/mol. The summed E-state index contributed by atoms with van der Waals surface area (Å²) in [5, 5.41) is 16.5. The van der Waals surface area contributed by atoms with E-state index in [9.17, 15) is 5.11 Å². The van der Waals surface area contributed by atoms with Crippen LogP contribution in [0.15, 0.2) is 48.5 Å². The number of anilines is 1. The van der Waals surface area contributed by atoms with Gasteiger partial charge in [0.15, 0.2) is 5.82 Å². The van der Waals surface area contributed by atoms with E-state index in [1.165, 1.54) is 19.3 Å². The second kappa shape index (κ2) is 9.70. The highest BCUT2D eigenvalue weighted by Crippen LogP contribution is 2.39. The number of phenols is 1. The average molecular weight is 513 g/mol. The minimum atomic E-state index is -0.414. The first-order valence-corrected chi connectivity index (χ1v) is 14.0. The predicted molar refractivity (Wildman–Crippen MR) is 148 cm³/mol. The van der Waals surface area contributed by atoms with E-state index in [-0.39, 0.29) is 17.3 Å². The molecule has 3 heterocycles. The smallest absolute Gasteiger partial charge is 0.319 e. The first kappa shape index (κ1) is 23.7. The van der Waals surface area contributed by atoms with Gasteiger partial charge < -0.3 is 20.1 Å². The summed E-state index contributed by atoms with van der Waals surface area (Å²) in [5.41, 5.74) is 1.32. The first-order valence-electron chi connectivity index (χ1n) is 14.0. The van der Waals surface area contributed by atoms with Crippen molar-refractivity contribution in [3.8, 4) is 22.9 Å². The van der Waals surface area contributed by atoms with Crippen molar-refractivity contribution in [3.63, 3.8) is 0 Å². The zero-order chi connectivity index (χ0) is 25.6. The fourth-order valence-electron chi connectivity index (χ4n) is 6.67. The molecular formula is C31H33FN4O2. The van der Waals surface area contributed by atoms with Gasteiger partial charge in [0, 0.05) is 36.1 Å². The van der Waals surface area contributed by atoms with Gasteiger partial charge in [-0.3, -0.25) is 0 Å². The van der Waals surface area contributed by atoms with Gasteiger partial charge >= 0.3 is 6.01 Å². The molecule has 1 aromatic heterocycles. The Labute approximate surface area is 221 Å². The van der Waals surface area contributed by atoms with Gasteiger partial charge in [-0.1, -0.05) is 49.6 Å². The lowest BCUT2D eigenvalue weighted by Crippen LogP contribution is -2.51. The van der Waals surface area contributed by atoms with Gasteiger partial charge in [0.2, 0.25) is 0 Å². The van der Waals surface area contributed by atoms with E-state index >= 15 is 4.39 Å². The lowest BCUT2D eigenvalue weighted by molar-refractivity contribution is 0.197. The molecule has 0 radical (unpaired) electrons. The van der Waals surface area contributed by atoms with Crippen molar-refractivity contribution in [1.82, 2.24) is 15.3 Å². The summed E-state index contributed by atoms with van der Waals surface area (Å²) in [6.07, 6.45) is 8.37. The summed E-state index contributed by atoms with van der Waals surface area (Å²) in [6, 6.07) is 15.9. The Morgan fingerprint density at radius 2 is 1.68 bits per heavy atom. The third-order valence-electron chi connectivity index (χ3n) is 8.59. The highest BCUT2D eigenvalue weighted by molar-refractivity contribution is 6.01. The van der Waals surface area contributed by atoms with Crippen LogP contribution in [-0.4, -0.2) is 46.9 Å². The van der Waals surface area contributed by atoms with Crippen molar-refractivity contribution >= 4 is 27.5 Å². The Bertz CT molecular complexity index is 1490. The van der Waals surface area contributed by atoms with E-state index < -0.39 is 5.82 Å². The van der Waals surface area contributed by atoms with Crippen LogP contribution in [0.2, 0.25) is 0 Å². The quantitative estimate of drug-likeness (QED) is 0.332. The molecule has 1 saturated carbocycles. The maximum atomic E-state index is 16.4. The molecule has 2 saturated heterocycles. The van der Waals surface area contributed by atoms with Gasteiger partial charge in [0.05, 0.1) is 6.61 Å². The maximum Gasteiger partial charge on any atom is 0.319 e. The first-order chi connectivity index (χ1) is 18.6. The Morgan fingerprint density at radius 3 is 2.50 bits per heavy atom. The number of aromatic hydroxyl groups is 1. The van der Waals surface area contributed by atoms with Crippen LogP contribution in [0.5, 0.6) is 11.8 Å². The summed E-state index contributed by atoms with van der Waals surface area (Å²) in [6.45, 7) is 2.24. The SMILES string of the molecule is Oc1cc(-c2ccc3c(N4CC5CCC(C4)N5)nc(OCC4CCCCC4)nc3c2F)c2ccccc2c1. The van der Waals surface area contributed by atoms with Gasteiger partial charge in [-0.25, -0.2) is 4.39 Å². The van der Waals surface area contributed by atoms with Crippen LogP contribution < -0.4 is 15.0 Å². The van der Waals surface area contributed by atoms with Gasteiger partial charge in [-0.05, 0) is 66.1 Å². The largest absolute Gasteiger partial charge is 0.508 e. The molecule has 4 aromatic rings. The second-order valence-corrected chi connectivity index (χ2v) is 11.2. The Kier molecular flexibility index (Phi) is 6.03. The maximum absolute atomic E-state index is 16.4. The van der Waals surface area contributed by atoms with Crippen LogP contribution in [0.1, 0.15) is 44.9 Å². The molecule has 196 valence electrons. The number of nitrogens with zero attached hydrogens (tertiary/aromatic N) is 3. The molecule has 2 bridgehead atoms. The van der Waals surface area contributed by atoms with Crippen molar-refractivity contribution in [2.24, 2.45) is 5.92 Å². The summed E-state index contributed by atoms with van der Waals surface area (Å²) >= 11 is 0. The molecule has 0 spiro atoms. The highest BCUT2D eigenvalue weighted by Gasteiger charge is 2.34. The molecule has 0 amide bonds. The normalized spacial score (nSPS) is 21.9. The molecule has 3 aromatic carbocycles. The van der Waals surface area contributed by atoms with Crippen LogP contribution >= 0.6 is 0 Å². The number of rotatable bonds is 5. The molecule has 1 aliphatic carbocycles. The van der Waals surface area contributed by atoms with E-state index in [0.29, 0.717) is 41.1 Å². The standard InChI is InChI=1S/C31H33FN4O2/c32-28-25(27-15-23(37)14-20-8-4-5-9-24(20)27)12-13-26-29(28)34-31(38-18-19-6-2-1-3-7-19)35-30(26)36-16-21-10-11-22(17-36)33-21/h4-5,8-9,12-15,19,21-22,33,37H,1-3,6-7,10-11,16-18H2. The second-order valence-electron chi connectivity index (χ2n) is 11.2. The summed E-state index contributed by atoms with van der Waals surface area (Å²) in [7, 11) is 0. The number of halogens is 1. The van der Waals surface area contributed by atoms with Gasteiger partial charge in [0.1, 0.15) is 17.1 Å². The average Bonchev–Trinajstić information content (AvgIpc) is 3.29. The number of hydrogen-bond donors (Lipinski definition) is 2. The molecule has 3 aliphatic rings. The molecular weight excluding hydrogens is 479 g/mol. The number of phenolic OH excluding ortho intramolecular Hbond substituents is 1. The molecule has 2 unspecified atom stereocenters. The van der Waals surface area contributed by atoms with Crippen molar-refractivity contribution < 1.29 is 14.2 Å². The minimum Gasteiger partial charge on any atom is -0.508 e. The Balaban J connectivity index is 1.34. The van der Waals surface area contributed by atoms with Gasteiger partial charge in [-0.15, -0.1) is 0 Å². The van der Waals surface area contributed by atoms with Crippen LogP contribution in [0.3, 0.4) is 0 Å². The summed E-state index contributed by atoms with van der Waals surface area (Å²) in [5.74, 6) is 0.937. The number of ether oxygens (including phenoxy) is 1. The van der Waals surface area contributed by atoms with E-state index in [4.69, 9.17) is 9.72 Å². The molecule has 2 atom stereocenters. The number of hydrogen-bond acceptors (Lipinski definition) is 6. The Hall–Kier alpha value is -3.45. The topological polar surface area (TPSA) is 70.5 Å². The van der Waals surface area contributed by atoms with E-state index in [0.717, 1.165) is 55.4 Å². The number of nitrogens with one attached hydrogen (secondary N) is 1. The molecule has 7 heteroatoms. The third kappa shape index (κ3) is 4.33.